The van der Waals surface area contributed by atoms with Crippen LogP contribution < -0.4 is 5.32 Å². The molecule has 1 atom stereocenters. The first kappa shape index (κ1) is 15.2. The average Bonchev–Trinajstić information content (AvgIpc) is 2.28. The molecule has 0 aromatic carbocycles. The van der Waals surface area contributed by atoms with Gasteiger partial charge in [-0.2, -0.15) is 24.9 Å². The van der Waals surface area contributed by atoms with Gasteiger partial charge in [-0.1, -0.05) is 6.92 Å². The largest absolute Gasteiger partial charge is 0.391 e. The molecule has 1 unspecified atom stereocenters. The van der Waals surface area contributed by atoms with Crippen LogP contribution in [0.1, 0.15) is 39.0 Å². The Morgan fingerprint density at radius 1 is 1.24 bits per heavy atom. The molecule has 0 saturated heterocycles. The third-order valence-corrected chi connectivity index (χ3v) is 4.62. The second-order valence-corrected chi connectivity index (χ2v) is 6.16. The molecule has 0 spiro atoms. The van der Waals surface area contributed by atoms with Crippen molar-refractivity contribution >= 4 is 11.8 Å². The van der Waals surface area contributed by atoms with Gasteiger partial charge >= 0.3 is 6.18 Å². The van der Waals surface area contributed by atoms with Crippen molar-refractivity contribution in [1.82, 2.24) is 5.32 Å². The van der Waals surface area contributed by atoms with Crippen molar-refractivity contribution in [2.24, 2.45) is 5.92 Å². The minimum absolute atomic E-state index is 0.291. The first-order chi connectivity index (χ1) is 7.93. The van der Waals surface area contributed by atoms with Crippen molar-refractivity contribution in [2.45, 2.75) is 56.5 Å². The highest BCUT2D eigenvalue weighted by atomic mass is 32.2. The van der Waals surface area contributed by atoms with Crippen LogP contribution in [0.15, 0.2) is 0 Å². The highest BCUT2D eigenvalue weighted by molar-refractivity contribution is 7.99. The van der Waals surface area contributed by atoms with Gasteiger partial charge < -0.3 is 5.32 Å². The molecule has 5 heteroatoms. The molecule has 1 fully saturated rings. The van der Waals surface area contributed by atoms with E-state index < -0.39 is 12.1 Å². The van der Waals surface area contributed by atoms with Crippen molar-refractivity contribution in [3.05, 3.63) is 0 Å². The van der Waals surface area contributed by atoms with Gasteiger partial charge in [0.2, 0.25) is 0 Å². The van der Waals surface area contributed by atoms with E-state index in [1.165, 1.54) is 0 Å². The molecule has 0 aromatic heterocycles. The van der Waals surface area contributed by atoms with Gasteiger partial charge in [0.25, 0.3) is 0 Å². The van der Waals surface area contributed by atoms with E-state index in [9.17, 15) is 13.2 Å². The fraction of sp³-hybridized carbons (Fsp3) is 1.00. The standard InChI is InChI=1S/C12H22F3NS/c1-9(17-2)7-8-16-11-5-3-10(4-6-11)12(13,14)15/h9-11,16H,3-8H2,1-2H3. The molecule has 1 aliphatic carbocycles. The van der Waals surface area contributed by atoms with Gasteiger partial charge in [-0.15, -0.1) is 0 Å². The summed E-state index contributed by atoms with van der Waals surface area (Å²) in [6.45, 7) is 3.09. The Morgan fingerprint density at radius 2 is 1.82 bits per heavy atom. The van der Waals surface area contributed by atoms with Gasteiger partial charge in [-0.05, 0) is 44.9 Å². The van der Waals surface area contributed by atoms with Crippen LogP contribution in [0.25, 0.3) is 0 Å². The summed E-state index contributed by atoms with van der Waals surface area (Å²) < 4.78 is 37.3. The number of halogens is 3. The van der Waals surface area contributed by atoms with Crippen LogP contribution in [0.3, 0.4) is 0 Å². The van der Waals surface area contributed by atoms with Crippen LogP contribution in [0.4, 0.5) is 13.2 Å². The summed E-state index contributed by atoms with van der Waals surface area (Å²) in [4.78, 5) is 0. The van der Waals surface area contributed by atoms with Gasteiger partial charge in [-0.25, -0.2) is 0 Å². The van der Waals surface area contributed by atoms with Crippen LogP contribution in [-0.2, 0) is 0 Å². The number of alkyl halides is 3. The minimum atomic E-state index is -3.99. The molecular weight excluding hydrogens is 247 g/mol. The Hall–Kier alpha value is 0.100. The molecule has 0 amide bonds. The average molecular weight is 269 g/mol. The molecule has 102 valence electrons. The molecule has 1 N–H and O–H groups in total. The lowest BCUT2D eigenvalue weighted by Gasteiger charge is -2.30. The Bertz CT molecular complexity index is 212. The molecule has 0 heterocycles. The zero-order valence-electron chi connectivity index (χ0n) is 10.5. The predicted molar refractivity (Wildman–Crippen MR) is 67.4 cm³/mol. The van der Waals surface area contributed by atoms with Crippen molar-refractivity contribution in [2.75, 3.05) is 12.8 Å². The van der Waals surface area contributed by atoms with Crippen molar-refractivity contribution < 1.29 is 13.2 Å². The minimum Gasteiger partial charge on any atom is -0.314 e. The Morgan fingerprint density at radius 3 is 2.29 bits per heavy atom. The van der Waals surface area contributed by atoms with Crippen LogP contribution in [-0.4, -0.2) is 30.3 Å². The number of rotatable bonds is 5. The van der Waals surface area contributed by atoms with Crippen LogP contribution in [0.5, 0.6) is 0 Å². The Labute approximate surface area is 106 Å². The molecule has 0 aliphatic heterocycles. The lowest BCUT2D eigenvalue weighted by molar-refractivity contribution is -0.182. The van der Waals surface area contributed by atoms with Crippen LogP contribution in [0.2, 0.25) is 0 Å². The van der Waals surface area contributed by atoms with Gasteiger partial charge in [0.1, 0.15) is 0 Å². The summed E-state index contributed by atoms with van der Waals surface area (Å²) in [7, 11) is 0. The monoisotopic (exact) mass is 269 g/mol. The smallest absolute Gasteiger partial charge is 0.314 e. The van der Waals surface area contributed by atoms with E-state index in [-0.39, 0.29) is 0 Å². The first-order valence-corrected chi connectivity index (χ1v) is 7.55. The maximum absolute atomic E-state index is 12.4. The Kier molecular flexibility index (Phi) is 6.13. The maximum Gasteiger partial charge on any atom is 0.391 e. The third kappa shape index (κ3) is 5.51. The zero-order valence-corrected chi connectivity index (χ0v) is 11.3. The normalized spacial score (nSPS) is 28.1. The zero-order chi connectivity index (χ0) is 12.9. The summed E-state index contributed by atoms with van der Waals surface area (Å²) in [6.07, 6.45) is 1.09. The van der Waals surface area contributed by atoms with Gasteiger partial charge in [0.15, 0.2) is 0 Å². The number of hydrogen-bond acceptors (Lipinski definition) is 2. The van der Waals surface area contributed by atoms with E-state index in [0.29, 0.717) is 37.0 Å². The summed E-state index contributed by atoms with van der Waals surface area (Å²) in [5, 5.41) is 4.00. The predicted octanol–water partition coefficient (Wildman–Crippen LogP) is 3.84. The SMILES string of the molecule is CSC(C)CCNC1CCC(C(F)(F)F)CC1. The third-order valence-electron chi connectivity index (χ3n) is 3.58. The van der Waals surface area contributed by atoms with E-state index in [1.54, 1.807) is 0 Å². The molecular formula is C12H22F3NS. The lowest BCUT2D eigenvalue weighted by atomic mass is 9.85. The molecule has 0 bridgehead atoms. The van der Waals surface area contributed by atoms with E-state index in [2.05, 4.69) is 18.5 Å². The number of hydrogen-bond donors (Lipinski definition) is 1. The fourth-order valence-electron chi connectivity index (χ4n) is 2.23. The fourth-order valence-corrected chi connectivity index (χ4v) is 2.59. The lowest BCUT2D eigenvalue weighted by Crippen LogP contribution is -2.37. The summed E-state index contributed by atoms with van der Waals surface area (Å²) in [5.41, 5.74) is 0. The second-order valence-electron chi connectivity index (χ2n) is 4.88. The van der Waals surface area contributed by atoms with Gasteiger partial charge in [0.05, 0.1) is 5.92 Å². The number of thioether (sulfide) groups is 1. The number of nitrogens with one attached hydrogen (secondary N) is 1. The summed E-state index contributed by atoms with van der Waals surface area (Å²) in [5.74, 6) is -1.06. The Balaban J connectivity index is 2.15. The van der Waals surface area contributed by atoms with Crippen molar-refractivity contribution in [3.8, 4) is 0 Å². The van der Waals surface area contributed by atoms with E-state index in [0.717, 1.165) is 13.0 Å². The van der Waals surface area contributed by atoms with Gasteiger partial charge in [-0.3, -0.25) is 0 Å². The molecule has 17 heavy (non-hydrogen) atoms. The highest BCUT2D eigenvalue weighted by Gasteiger charge is 2.41. The van der Waals surface area contributed by atoms with Crippen LogP contribution >= 0.6 is 11.8 Å². The quantitative estimate of drug-likeness (QED) is 0.814. The molecule has 1 nitrogen and oxygen atoms in total. The topological polar surface area (TPSA) is 12.0 Å². The molecule has 1 saturated carbocycles. The maximum atomic E-state index is 12.4. The highest BCUT2D eigenvalue weighted by Crippen LogP contribution is 2.37. The van der Waals surface area contributed by atoms with E-state index >= 15 is 0 Å². The molecule has 1 aliphatic rings. The van der Waals surface area contributed by atoms with Crippen LogP contribution in [0, 0.1) is 5.92 Å². The van der Waals surface area contributed by atoms with E-state index in [1.807, 2.05) is 11.8 Å². The van der Waals surface area contributed by atoms with Crippen molar-refractivity contribution in [1.29, 1.82) is 0 Å². The summed E-state index contributed by atoms with van der Waals surface area (Å²) in [6, 6.07) is 0.294. The van der Waals surface area contributed by atoms with Gasteiger partial charge in [0, 0.05) is 11.3 Å². The molecule has 1 rings (SSSR count). The van der Waals surface area contributed by atoms with E-state index in [4.69, 9.17) is 0 Å². The molecule has 0 aromatic rings. The van der Waals surface area contributed by atoms with Crippen molar-refractivity contribution in [3.63, 3.8) is 0 Å². The summed E-state index contributed by atoms with van der Waals surface area (Å²) >= 11 is 1.83. The second kappa shape index (κ2) is 6.88. The first-order valence-electron chi connectivity index (χ1n) is 6.26. The molecule has 0 radical (unpaired) electrons.